The number of carbonyl (C=O) groups excluding carboxylic acids is 1. The van der Waals surface area contributed by atoms with Crippen molar-refractivity contribution in [2.45, 2.75) is 32.7 Å². The van der Waals surface area contributed by atoms with Gasteiger partial charge in [-0.15, -0.1) is 0 Å². The van der Waals surface area contributed by atoms with Crippen molar-refractivity contribution in [1.82, 2.24) is 24.1 Å². The van der Waals surface area contributed by atoms with E-state index in [1.54, 1.807) is 4.68 Å². The van der Waals surface area contributed by atoms with Crippen molar-refractivity contribution in [3.63, 3.8) is 0 Å². The van der Waals surface area contributed by atoms with Gasteiger partial charge in [0, 0.05) is 55.8 Å². The van der Waals surface area contributed by atoms with Gasteiger partial charge in [-0.25, -0.2) is 4.98 Å². The number of anilines is 2. The largest absolute Gasteiger partial charge is 0.371 e. The lowest BCUT2D eigenvalue weighted by molar-refractivity contribution is 0.102. The molecule has 0 aliphatic carbocycles. The Morgan fingerprint density at radius 1 is 1.12 bits per heavy atom. The van der Waals surface area contributed by atoms with Crippen LogP contribution in [-0.2, 0) is 7.05 Å². The van der Waals surface area contributed by atoms with Gasteiger partial charge < -0.3 is 19.5 Å². The van der Waals surface area contributed by atoms with E-state index < -0.39 is 0 Å². The van der Waals surface area contributed by atoms with Crippen molar-refractivity contribution >= 4 is 33.8 Å². The van der Waals surface area contributed by atoms with E-state index in [-0.39, 0.29) is 5.91 Å². The number of rotatable bonds is 4. The maximum absolute atomic E-state index is 13.3. The lowest BCUT2D eigenvalue weighted by Crippen LogP contribution is -2.42. The van der Waals surface area contributed by atoms with E-state index in [0.29, 0.717) is 11.6 Å². The zero-order valence-corrected chi connectivity index (χ0v) is 20.0. The molecular weight excluding hydrogens is 414 g/mol. The molecule has 4 heterocycles. The molecule has 33 heavy (non-hydrogen) atoms. The summed E-state index contributed by atoms with van der Waals surface area (Å²) in [5.74, 6) is -0.160. The zero-order valence-electron chi connectivity index (χ0n) is 20.0. The van der Waals surface area contributed by atoms with Crippen LogP contribution in [0.5, 0.6) is 0 Å². The first-order chi connectivity index (χ1) is 15.8. The molecule has 8 nitrogen and oxygen atoms in total. The number of nitrogens with zero attached hydrogens (tertiary/aromatic N) is 6. The SMILES string of the molecule is Cc1cn2cc(NC(=O)c3ccc(N4CCC(N(C)C)CC4)c4cn(C)nc34)cc(C)c2n1. The van der Waals surface area contributed by atoms with Gasteiger partial charge in [-0.1, -0.05) is 0 Å². The monoisotopic (exact) mass is 445 g/mol. The number of aryl methyl sites for hydroxylation is 3. The highest BCUT2D eigenvalue weighted by Gasteiger charge is 2.24. The fourth-order valence-electron chi connectivity index (χ4n) is 4.95. The molecule has 0 spiro atoms. The van der Waals surface area contributed by atoms with Crippen LogP contribution in [-0.4, -0.2) is 63.2 Å². The van der Waals surface area contributed by atoms with Gasteiger partial charge in [0.1, 0.15) is 11.2 Å². The third-order valence-electron chi connectivity index (χ3n) is 6.66. The normalized spacial score (nSPS) is 15.2. The Kier molecular flexibility index (Phi) is 5.32. The van der Waals surface area contributed by atoms with Crippen LogP contribution in [0.4, 0.5) is 11.4 Å². The van der Waals surface area contributed by atoms with Gasteiger partial charge in [0.25, 0.3) is 5.91 Å². The number of piperidine rings is 1. The van der Waals surface area contributed by atoms with Gasteiger partial charge in [0.2, 0.25) is 0 Å². The standard InChI is InChI=1S/C25H31N7O/c1-16-12-18(14-32-13-17(2)26-24(16)32)27-25(33)20-6-7-22(21-15-30(5)28-23(20)21)31-10-8-19(9-11-31)29(3)4/h6-7,12-15,19H,8-11H2,1-5H3,(H,27,33). The highest BCUT2D eigenvalue weighted by molar-refractivity contribution is 6.13. The van der Waals surface area contributed by atoms with Gasteiger partial charge in [0.05, 0.1) is 16.9 Å². The number of carbonyl (C=O) groups is 1. The maximum atomic E-state index is 13.3. The number of amides is 1. The van der Waals surface area contributed by atoms with Crippen LogP contribution >= 0.6 is 0 Å². The number of pyridine rings is 1. The predicted molar refractivity (Wildman–Crippen MR) is 132 cm³/mol. The lowest BCUT2D eigenvalue weighted by atomic mass is 10.0. The fourth-order valence-corrected chi connectivity index (χ4v) is 4.95. The summed E-state index contributed by atoms with van der Waals surface area (Å²) in [5.41, 5.74) is 6.07. The molecule has 1 fully saturated rings. The highest BCUT2D eigenvalue weighted by atomic mass is 16.1. The minimum absolute atomic E-state index is 0.160. The van der Waals surface area contributed by atoms with Crippen molar-refractivity contribution in [3.05, 3.63) is 53.6 Å². The minimum Gasteiger partial charge on any atom is -0.371 e. The molecule has 172 valence electrons. The van der Waals surface area contributed by atoms with E-state index in [4.69, 9.17) is 0 Å². The van der Waals surface area contributed by atoms with E-state index in [1.807, 2.05) is 56.0 Å². The molecule has 4 aromatic rings. The molecule has 1 N–H and O–H groups in total. The summed E-state index contributed by atoms with van der Waals surface area (Å²) in [6.45, 7) is 5.97. The number of nitrogens with one attached hydrogen (secondary N) is 1. The van der Waals surface area contributed by atoms with Gasteiger partial charge >= 0.3 is 0 Å². The number of hydrogen-bond acceptors (Lipinski definition) is 5. The first kappa shape index (κ1) is 21.5. The van der Waals surface area contributed by atoms with Crippen LogP contribution < -0.4 is 10.2 Å². The van der Waals surface area contributed by atoms with E-state index in [9.17, 15) is 4.79 Å². The Morgan fingerprint density at radius 3 is 2.61 bits per heavy atom. The molecule has 3 aromatic heterocycles. The molecule has 0 atom stereocenters. The predicted octanol–water partition coefficient (Wildman–Crippen LogP) is 3.62. The molecule has 0 radical (unpaired) electrons. The molecule has 1 aromatic carbocycles. The topological polar surface area (TPSA) is 70.7 Å². The molecule has 0 unspecified atom stereocenters. The Hall–Kier alpha value is -3.39. The van der Waals surface area contributed by atoms with Gasteiger partial charge in [-0.2, -0.15) is 5.10 Å². The van der Waals surface area contributed by atoms with Crippen molar-refractivity contribution in [2.75, 3.05) is 37.4 Å². The molecule has 5 rings (SSSR count). The second-order valence-corrected chi connectivity index (χ2v) is 9.36. The van der Waals surface area contributed by atoms with E-state index in [2.05, 4.69) is 45.4 Å². The molecule has 1 amide bonds. The number of benzene rings is 1. The fraction of sp³-hybridized carbons (Fsp3) is 0.400. The maximum Gasteiger partial charge on any atom is 0.257 e. The Labute approximate surface area is 193 Å². The first-order valence-electron chi connectivity index (χ1n) is 11.4. The van der Waals surface area contributed by atoms with Gasteiger partial charge in [0.15, 0.2) is 0 Å². The summed E-state index contributed by atoms with van der Waals surface area (Å²) >= 11 is 0. The number of fused-ring (bicyclic) bond motifs is 2. The number of hydrogen-bond donors (Lipinski definition) is 1. The van der Waals surface area contributed by atoms with Crippen LogP contribution in [0.15, 0.2) is 36.8 Å². The summed E-state index contributed by atoms with van der Waals surface area (Å²) in [6.07, 6.45) is 8.14. The molecule has 1 saturated heterocycles. The number of aromatic nitrogens is 4. The van der Waals surface area contributed by atoms with Crippen molar-refractivity contribution in [1.29, 1.82) is 0 Å². The lowest BCUT2D eigenvalue weighted by Gasteiger charge is -2.36. The Balaban J connectivity index is 1.44. The van der Waals surface area contributed by atoms with Crippen LogP contribution in [0.2, 0.25) is 0 Å². The molecule has 8 heteroatoms. The van der Waals surface area contributed by atoms with Crippen molar-refractivity contribution in [3.8, 4) is 0 Å². The summed E-state index contributed by atoms with van der Waals surface area (Å²) in [4.78, 5) is 22.6. The van der Waals surface area contributed by atoms with Gasteiger partial charge in [-0.05, 0) is 64.5 Å². The highest BCUT2D eigenvalue weighted by Crippen LogP contribution is 2.31. The summed E-state index contributed by atoms with van der Waals surface area (Å²) in [6, 6.07) is 6.56. The molecular formula is C25H31N7O. The average molecular weight is 446 g/mol. The quantitative estimate of drug-likeness (QED) is 0.520. The van der Waals surface area contributed by atoms with Gasteiger partial charge in [-0.3, -0.25) is 9.48 Å². The van der Waals surface area contributed by atoms with Crippen molar-refractivity contribution < 1.29 is 4.79 Å². The average Bonchev–Trinajstić information content (AvgIpc) is 3.34. The smallest absolute Gasteiger partial charge is 0.257 e. The molecule has 0 bridgehead atoms. The van der Waals surface area contributed by atoms with Crippen LogP contribution in [0, 0.1) is 13.8 Å². The Bertz CT molecular complexity index is 1340. The van der Waals surface area contributed by atoms with Crippen LogP contribution in [0.1, 0.15) is 34.5 Å². The van der Waals surface area contributed by atoms with Crippen LogP contribution in [0.3, 0.4) is 0 Å². The number of imidazole rings is 1. The summed E-state index contributed by atoms with van der Waals surface area (Å²) in [7, 11) is 6.21. The van der Waals surface area contributed by atoms with Crippen LogP contribution in [0.25, 0.3) is 16.6 Å². The van der Waals surface area contributed by atoms with Crippen molar-refractivity contribution in [2.24, 2.45) is 7.05 Å². The summed E-state index contributed by atoms with van der Waals surface area (Å²) in [5, 5.41) is 8.73. The molecule has 1 aliphatic rings. The first-order valence-corrected chi connectivity index (χ1v) is 11.4. The summed E-state index contributed by atoms with van der Waals surface area (Å²) < 4.78 is 3.75. The third kappa shape index (κ3) is 3.95. The second kappa shape index (κ2) is 8.19. The van der Waals surface area contributed by atoms with E-state index >= 15 is 0 Å². The zero-order chi connectivity index (χ0) is 23.3. The second-order valence-electron chi connectivity index (χ2n) is 9.36. The van der Waals surface area contributed by atoms with E-state index in [1.165, 1.54) is 0 Å². The Morgan fingerprint density at radius 2 is 1.88 bits per heavy atom. The van der Waals surface area contributed by atoms with E-state index in [0.717, 1.165) is 65.1 Å². The molecule has 0 saturated carbocycles. The third-order valence-corrected chi connectivity index (χ3v) is 6.66. The molecule has 1 aliphatic heterocycles. The minimum atomic E-state index is -0.160.